The van der Waals surface area contributed by atoms with Gasteiger partial charge in [0.15, 0.2) is 0 Å². The van der Waals surface area contributed by atoms with Gasteiger partial charge < -0.3 is 0 Å². The number of nitrogens with zero attached hydrogens (tertiary/aromatic N) is 1. The highest BCUT2D eigenvalue weighted by molar-refractivity contribution is 8.18. The Labute approximate surface area is 197 Å². The normalized spacial score (nSPS) is 15.2. The Morgan fingerprint density at radius 2 is 1.71 bits per heavy atom. The summed E-state index contributed by atoms with van der Waals surface area (Å²) in [7, 11) is 0. The summed E-state index contributed by atoms with van der Waals surface area (Å²) in [5, 5.41) is 0.368. The standard InChI is InChI=1S/C23H14Cl2FNO2S2/c24-15-8-10-16(11-9-15)30-20-7-2-1-4-14(20)12-21-22(28)27(23(29)31-21)13-17-18(25)5-3-6-19(17)26/h1-12H,13H2/b21-12-. The summed E-state index contributed by atoms with van der Waals surface area (Å²) < 4.78 is 14.1. The van der Waals surface area contributed by atoms with Crippen LogP contribution in [0.1, 0.15) is 11.1 Å². The summed E-state index contributed by atoms with van der Waals surface area (Å²) in [6.07, 6.45) is 1.69. The predicted molar refractivity (Wildman–Crippen MR) is 125 cm³/mol. The topological polar surface area (TPSA) is 37.4 Å². The first-order chi connectivity index (χ1) is 14.9. The molecular weight excluding hydrogens is 476 g/mol. The van der Waals surface area contributed by atoms with Gasteiger partial charge in [0.1, 0.15) is 5.82 Å². The van der Waals surface area contributed by atoms with E-state index < -0.39 is 17.0 Å². The maximum absolute atomic E-state index is 14.1. The molecule has 0 bridgehead atoms. The summed E-state index contributed by atoms with van der Waals surface area (Å²) >= 11 is 14.4. The van der Waals surface area contributed by atoms with Crippen LogP contribution in [0.25, 0.3) is 6.08 Å². The lowest BCUT2D eigenvalue weighted by molar-refractivity contribution is -0.123. The zero-order valence-electron chi connectivity index (χ0n) is 15.8. The lowest BCUT2D eigenvalue weighted by atomic mass is 10.2. The van der Waals surface area contributed by atoms with Crippen LogP contribution >= 0.6 is 46.7 Å². The number of halogens is 3. The van der Waals surface area contributed by atoms with Crippen molar-refractivity contribution in [3.8, 4) is 0 Å². The minimum Gasteiger partial charge on any atom is -0.268 e. The van der Waals surface area contributed by atoms with Crippen molar-refractivity contribution < 1.29 is 14.0 Å². The second-order valence-corrected chi connectivity index (χ2v) is 9.51. The number of rotatable bonds is 5. The van der Waals surface area contributed by atoms with Crippen LogP contribution in [0.3, 0.4) is 0 Å². The fourth-order valence-electron chi connectivity index (χ4n) is 2.94. The second-order valence-electron chi connectivity index (χ2n) is 6.56. The molecular formula is C23H14Cl2FNO2S2. The Hall–Kier alpha value is -2.25. The number of hydrogen-bond donors (Lipinski definition) is 0. The molecule has 3 nitrogen and oxygen atoms in total. The molecule has 3 aromatic rings. The average Bonchev–Trinajstić information content (AvgIpc) is 3.01. The van der Waals surface area contributed by atoms with Crippen LogP contribution in [0.4, 0.5) is 9.18 Å². The summed E-state index contributed by atoms with van der Waals surface area (Å²) in [5.41, 5.74) is 0.920. The number of imide groups is 1. The Kier molecular flexibility index (Phi) is 6.72. The fourth-order valence-corrected chi connectivity index (χ4v) is 5.04. The maximum Gasteiger partial charge on any atom is 0.293 e. The summed E-state index contributed by atoms with van der Waals surface area (Å²) in [5.74, 6) is -1.03. The molecule has 0 aromatic heterocycles. The lowest BCUT2D eigenvalue weighted by Gasteiger charge is -2.14. The van der Waals surface area contributed by atoms with Crippen LogP contribution in [0.5, 0.6) is 0 Å². The molecule has 0 atom stereocenters. The third kappa shape index (κ3) is 4.99. The summed E-state index contributed by atoms with van der Waals surface area (Å²) in [6.45, 7) is -0.214. The van der Waals surface area contributed by atoms with Gasteiger partial charge in [0.25, 0.3) is 11.1 Å². The van der Waals surface area contributed by atoms with Gasteiger partial charge in [-0.2, -0.15) is 0 Å². The molecule has 4 rings (SSSR count). The molecule has 3 aromatic carbocycles. The lowest BCUT2D eigenvalue weighted by Crippen LogP contribution is -2.28. The SMILES string of the molecule is O=C1S/C(=C\c2ccccc2Sc2ccc(Cl)cc2)C(=O)N1Cc1c(F)cccc1Cl. The van der Waals surface area contributed by atoms with E-state index in [0.717, 1.165) is 32.0 Å². The van der Waals surface area contributed by atoms with Gasteiger partial charge in [-0.25, -0.2) is 4.39 Å². The first kappa shape index (κ1) is 22.0. The number of amides is 2. The minimum atomic E-state index is -0.555. The largest absolute Gasteiger partial charge is 0.293 e. The fraction of sp³-hybridized carbons (Fsp3) is 0.0435. The van der Waals surface area contributed by atoms with Gasteiger partial charge in [0.05, 0.1) is 11.4 Å². The van der Waals surface area contributed by atoms with Crippen LogP contribution < -0.4 is 0 Å². The smallest absolute Gasteiger partial charge is 0.268 e. The van der Waals surface area contributed by atoms with Gasteiger partial charge in [0.2, 0.25) is 0 Å². The number of carbonyl (C=O) groups excluding carboxylic acids is 2. The van der Waals surface area contributed by atoms with Gasteiger partial charge in [-0.3, -0.25) is 14.5 Å². The van der Waals surface area contributed by atoms with E-state index in [1.807, 2.05) is 48.5 Å². The van der Waals surface area contributed by atoms with E-state index in [4.69, 9.17) is 23.2 Å². The van der Waals surface area contributed by atoms with Crippen molar-refractivity contribution in [3.63, 3.8) is 0 Å². The molecule has 0 unspecified atom stereocenters. The van der Waals surface area contributed by atoms with Crippen LogP contribution in [0, 0.1) is 5.82 Å². The van der Waals surface area contributed by atoms with Gasteiger partial charge in [-0.05, 0) is 65.9 Å². The summed E-state index contributed by atoms with van der Waals surface area (Å²) in [6, 6.07) is 19.3. The molecule has 0 spiro atoms. The van der Waals surface area contributed by atoms with E-state index in [1.54, 1.807) is 6.08 Å². The zero-order chi connectivity index (χ0) is 22.0. The number of thioether (sulfide) groups is 1. The highest BCUT2D eigenvalue weighted by Gasteiger charge is 2.36. The molecule has 0 N–H and O–H groups in total. The van der Waals surface area contributed by atoms with Gasteiger partial charge >= 0.3 is 0 Å². The molecule has 0 saturated carbocycles. The van der Waals surface area contributed by atoms with Crippen LogP contribution in [0.15, 0.2) is 81.4 Å². The number of hydrogen-bond acceptors (Lipinski definition) is 4. The van der Waals surface area contributed by atoms with Crippen molar-refractivity contribution in [3.05, 3.63) is 98.6 Å². The Balaban J connectivity index is 1.59. The first-order valence-electron chi connectivity index (χ1n) is 9.13. The molecule has 0 radical (unpaired) electrons. The van der Waals surface area contributed by atoms with Crippen molar-refractivity contribution in [2.75, 3.05) is 0 Å². The first-order valence-corrected chi connectivity index (χ1v) is 11.5. The van der Waals surface area contributed by atoms with Crippen molar-refractivity contribution >= 4 is 63.9 Å². The second kappa shape index (κ2) is 9.49. The van der Waals surface area contributed by atoms with E-state index in [2.05, 4.69) is 0 Å². The molecule has 2 amide bonds. The third-order valence-electron chi connectivity index (χ3n) is 4.50. The maximum atomic E-state index is 14.1. The summed E-state index contributed by atoms with van der Waals surface area (Å²) in [4.78, 5) is 28.6. The van der Waals surface area contributed by atoms with E-state index in [1.165, 1.54) is 30.0 Å². The van der Waals surface area contributed by atoms with E-state index in [0.29, 0.717) is 5.02 Å². The van der Waals surface area contributed by atoms with Crippen molar-refractivity contribution in [2.45, 2.75) is 16.3 Å². The van der Waals surface area contributed by atoms with Gasteiger partial charge in [0, 0.05) is 25.4 Å². The third-order valence-corrected chi connectivity index (χ3v) is 7.11. The Bertz CT molecular complexity index is 1180. The van der Waals surface area contributed by atoms with E-state index in [9.17, 15) is 14.0 Å². The van der Waals surface area contributed by atoms with Gasteiger partial charge in [-0.15, -0.1) is 0 Å². The minimum absolute atomic E-state index is 0.117. The Morgan fingerprint density at radius 3 is 2.45 bits per heavy atom. The van der Waals surface area contributed by atoms with Crippen LogP contribution in [-0.2, 0) is 11.3 Å². The van der Waals surface area contributed by atoms with E-state index >= 15 is 0 Å². The highest BCUT2D eigenvalue weighted by Crippen LogP contribution is 2.37. The molecule has 1 aliphatic rings. The molecule has 31 heavy (non-hydrogen) atoms. The number of carbonyl (C=O) groups is 2. The van der Waals surface area contributed by atoms with Crippen LogP contribution in [-0.4, -0.2) is 16.0 Å². The molecule has 1 heterocycles. The Morgan fingerprint density at radius 1 is 0.968 bits per heavy atom. The molecule has 1 aliphatic heterocycles. The zero-order valence-corrected chi connectivity index (χ0v) is 19.0. The average molecular weight is 490 g/mol. The molecule has 8 heteroatoms. The quantitative estimate of drug-likeness (QED) is 0.347. The number of benzene rings is 3. The van der Waals surface area contributed by atoms with E-state index in [-0.39, 0.29) is 22.0 Å². The van der Waals surface area contributed by atoms with Gasteiger partial charge in [-0.1, -0.05) is 59.2 Å². The monoisotopic (exact) mass is 489 g/mol. The van der Waals surface area contributed by atoms with Crippen LogP contribution in [0.2, 0.25) is 10.0 Å². The van der Waals surface area contributed by atoms with Crippen molar-refractivity contribution in [2.24, 2.45) is 0 Å². The van der Waals surface area contributed by atoms with Crippen molar-refractivity contribution in [1.82, 2.24) is 4.90 Å². The highest BCUT2D eigenvalue weighted by atomic mass is 35.5. The predicted octanol–water partition coefficient (Wildman–Crippen LogP) is 7.52. The van der Waals surface area contributed by atoms with Crippen molar-refractivity contribution in [1.29, 1.82) is 0 Å². The molecule has 1 saturated heterocycles. The molecule has 1 fully saturated rings. The molecule has 0 aliphatic carbocycles. The molecule has 156 valence electrons.